The molecule has 5 heteroatoms. The van der Waals surface area contributed by atoms with Gasteiger partial charge < -0.3 is 9.84 Å². The van der Waals surface area contributed by atoms with E-state index < -0.39 is 12.4 Å². The number of aliphatic hydroxyl groups excluding tert-OH is 1. The van der Waals surface area contributed by atoms with Crippen molar-refractivity contribution in [1.82, 2.24) is 0 Å². The summed E-state index contributed by atoms with van der Waals surface area (Å²) < 4.78 is 5.22. The van der Waals surface area contributed by atoms with Crippen LogP contribution in [-0.2, 0) is 19.3 Å². The van der Waals surface area contributed by atoms with Crippen molar-refractivity contribution in [3.8, 4) is 0 Å². The van der Waals surface area contributed by atoms with Gasteiger partial charge in [-0.1, -0.05) is 33.6 Å². The summed E-state index contributed by atoms with van der Waals surface area (Å²) in [6.07, 6.45) is 2.69. The van der Waals surface area contributed by atoms with E-state index in [0.717, 1.165) is 19.3 Å². The third-order valence-electron chi connectivity index (χ3n) is 2.56. The molecule has 0 aliphatic heterocycles. The monoisotopic (exact) mass is 276 g/mol. The minimum atomic E-state index is -0.692. The predicted molar refractivity (Wildman–Crippen MR) is 72.2 cm³/mol. The molecule has 0 fully saturated rings. The Balaban J connectivity index is 3.88. The molecule has 0 aromatic rings. The van der Waals surface area contributed by atoms with Gasteiger partial charge >= 0.3 is 5.97 Å². The van der Waals surface area contributed by atoms with Crippen molar-refractivity contribution >= 4 is 5.97 Å². The normalized spacial score (nSPS) is 14.4. The minimum absolute atomic E-state index is 0.0154. The second kappa shape index (κ2) is 11.2. The number of carbonyl (C=O) groups is 1. The molecule has 0 aliphatic rings. The van der Waals surface area contributed by atoms with Crippen molar-refractivity contribution < 1.29 is 24.4 Å². The first-order valence-corrected chi connectivity index (χ1v) is 7.13. The smallest absolute Gasteiger partial charge is 0.308 e. The first-order chi connectivity index (χ1) is 8.97. The van der Waals surface area contributed by atoms with Gasteiger partial charge in [-0.15, -0.1) is 0 Å². The Kier molecular flexibility index (Phi) is 10.8. The van der Waals surface area contributed by atoms with Gasteiger partial charge in [0, 0.05) is 12.3 Å². The van der Waals surface area contributed by atoms with Crippen molar-refractivity contribution in [2.24, 2.45) is 5.92 Å². The second-order valence-electron chi connectivity index (χ2n) is 5.12. The van der Waals surface area contributed by atoms with E-state index in [0.29, 0.717) is 12.8 Å². The molecule has 1 N–H and O–H groups in total. The molecule has 0 heterocycles. The minimum Gasteiger partial charge on any atom is -0.433 e. The van der Waals surface area contributed by atoms with Gasteiger partial charge in [0.25, 0.3) is 0 Å². The lowest BCUT2D eigenvalue weighted by molar-refractivity contribution is -0.380. The highest BCUT2D eigenvalue weighted by Gasteiger charge is 2.20. The lowest BCUT2D eigenvalue weighted by atomic mass is 10.2. The van der Waals surface area contributed by atoms with Crippen LogP contribution in [0, 0.1) is 5.92 Å². The molecule has 0 amide bonds. The van der Waals surface area contributed by atoms with Crippen LogP contribution in [0.3, 0.4) is 0 Å². The highest BCUT2D eigenvalue weighted by molar-refractivity contribution is 5.69. The molecule has 5 nitrogen and oxygen atoms in total. The van der Waals surface area contributed by atoms with Gasteiger partial charge in [0.2, 0.25) is 6.29 Å². The van der Waals surface area contributed by atoms with E-state index in [-0.39, 0.29) is 18.5 Å². The summed E-state index contributed by atoms with van der Waals surface area (Å²) in [5.41, 5.74) is 0. The molecule has 0 saturated heterocycles. The standard InChI is InChI=1S/C14H28O5/c1-5-6-7-8-13(16)18-14(11(2)3)19-17-10-9-12(4)15/h11-12,14-15H,5-10H2,1-4H3. The number of ether oxygens (including phenoxy) is 1. The summed E-state index contributed by atoms with van der Waals surface area (Å²) in [7, 11) is 0. The van der Waals surface area contributed by atoms with Crippen LogP contribution < -0.4 is 0 Å². The lowest BCUT2D eigenvalue weighted by Crippen LogP contribution is -2.27. The molecule has 0 spiro atoms. The Morgan fingerprint density at radius 3 is 2.42 bits per heavy atom. The third kappa shape index (κ3) is 10.9. The average molecular weight is 276 g/mol. The summed E-state index contributed by atoms with van der Waals surface area (Å²) >= 11 is 0. The number of unbranched alkanes of at least 4 members (excludes halogenated alkanes) is 2. The summed E-state index contributed by atoms with van der Waals surface area (Å²) in [4.78, 5) is 21.6. The van der Waals surface area contributed by atoms with E-state index in [1.165, 1.54) is 0 Å². The number of rotatable bonds is 11. The molecule has 19 heavy (non-hydrogen) atoms. The number of aliphatic hydroxyl groups is 1. The molecule has 2 unspecified atom stereocenters. The number of hydrogen-bond donors (Lipinski definition) is 1. The van der Waals surface area contributed by atoms with Crippen LogP contribution in [0.2, 0.25) is 0 Å². The quantitative estimate of drug-likeness (QED) is 0.207. The fourth-order valence-corrected chi connectivity index (χ4v) is 1.31. The van der Waals surface area contributed by atoms with Crippen LogP contribution in [0.25, 0.3) is 0 Å². The zero-order valence-electron chi connectivity index (χ0n) is 12.6. The van der Waals surface area contributed by atoms with Crippen LogP contribution in [-0.4, -0.2) is 30.1 Å². The van der Waals surface area contributed by atoms with Crippen molar-refractivity contribution in [2.75, 3.05) is 6.61 Å². The fourth-order valence-electron chi connectivity index (χ4n) is 1.31. The molecule has 114 valence electrons. The topological polar surface area (TPSA) is 65.0 Å². The van der Waals surface area contributed by atoms with Crippen molar-refractivity contribution in [3.63, 3.8) is 0 Å². The van der Waals surface area contributed by atoms with Gasteiger partial charge in [-0.2, -0.15) is 4.89 Å². The second-order valence-corrected chi connectivity index (χ2v) is 5.12. The first-order valence-electron chi connectivity index (χ1n) is 7.13. The van der Waals surface area contributed by atoms with Gasteiger partial charge in [0.05, 0.1) is 12.7 Å². The zero-order chi connectivity index (χ0) is 14.7. The van der Waals surface area contributed by atoms with Crippen LogP contribution >= 0.6 is 0 Å². The van der Waals surface area contributed by atoms with Crippen molar-refractivity contribution in [3.05, 3.63) is 0 Å². The van der Waals surface area contributed by atoms with Crippen molar-refractivity contribution in [1.29, 1.82) is 0 Å². The molecule has 0 rings (SSSR count). The van der Waals surface area contributed by atoms with E-state index in [9.17, 15) is 4.79 Å². The predicted octanol–water partition coefficient (Wildman–Crippen LogP) is 2.81. The summed E-state index contributed by atoms with van der Waals surface area (Å²) in [6.45, 7) is 7.82. The first kappa shape index (κ1) is 18.4. The number of carbonyl (C=O) groups excluding carboxylic acids is 1. The Morgan fingerprint density at radius 2 is 1.89 bits per heavy atom. The number of esters is 1. The molecule has 0 radical (unpaired) electrons. The summed E-state index contributed by atoms with van der Waals surface area (Å²) in [6, 6.07) is 0. The Labute approximate surface area is 116 Å². The molecule has 0 aromatic heterocycles. The average Bonchev–Trinajstić information content (AvgIpc) is 2.32. The molecule has 0 saturated carbocycles. The van der Waals surface area contributed by atoms with E-state index in [1.807, 2.05) is 13.8 Å². The Bertz CT molecular complexity index is 228. The van der Waals surface area contributed by atoms with Crippen LogP contribution in [0.4, 0.5) is 0 Å². The Morgan fingerprint density at radius 1 is 1.21 bits per heavy atom. The maximum Gasteiger partial charge on any atom is 0.308 e. The highest BCUT2D eigenvalue weighted by Crippen LogP contribution is 2.12. The lowest BCUT2D eigenvalue weighted by Gasteiger charge is -2.20. The molecule has 0 aliphatic carbocycles. The van der Waals surface area contributed by atoms with Crippen LogP contribution in [0.1, 0.15) is 59.8 Å². The van der Waals surface area contributed by atoms with Gasteiger partial charge in [-0.25, -0.2) is 4.89 Å². The molecular formula is C14H28O5. The van der Waals surface area contributed by atoms with E-state index in [1.54, 1.807) is 6.92 Å². The molecule has 2 atom stereocenters. The molecular weight excluding hydrogens is 248 g/mol. The largest absolute Gasteiger partial charge is 0.433 e. The number of hydrogen-bond acceptors (Lipinski definition) is 5. The molecule has 0 bridgehead atoms. The third-order valence-corrected chi connectivity index (χ3v) is 2.56. The van der Waals surface area contributed by atoms with Gasteiger partial charge in [-0.05, 0) is 19.8 Å². The van der Waals surface area contributed by atoms with Gasteiger partial charge in [0.1, 0.15) is 0 Å². The maximum absolute atomic E-state index is 11.6. The molecule has 0 aromatic carbocycles. The van der Waals surface area contributed by atoms with E-state index in [2.05, 4.69) is 6.92 Å². The summed E-state index contributed by atoms with van der Waals surface area (Å²) in [5.74, 6) is -0.243. The van der Waals surface area contributed by atoms with E-state index >= 15 is 0 Å². The van der Waals surface area contributed by atoms with E-state index in [4.69, 9.17) is 19.6 Å². The van der Waals surface area contributed by atoms with Crippen LogP contribution in [0.15, 0.2) is 0 Å². The SMILES string of the molecule is CCCCCC(=O)OC(OOCCC(C)O)C(C)C. The Hall–Kier alpha value is -0.650. The highest BCUT2D eigenvalue weighted by atomic mass is 17.2. The van der Waals surface area contributed by atoms with Gasteiger partial charge in [-0.3, -0.25) is 4.79 Å². The van der Waals surface area contributed by atoms with Gasteiger partial charge in [0.15, 0.2) is 0 Å². The zero-order valence-corrected chi connectivity index (χ0v) is 12.6. The van der Waals surface area contributed by atoms with Crippen LogP contribution in [0.5, 0.6) is 0 Å². The fraction of sp³-hybridized carbons (Fsp3) is 0.929. The summed E-state index contributed by atoms with van der Waals surface area (Å²) in [5, 5.41) is 9.07. The maximum atomic E-state index is 11.6. The van der Waals surface area contributed by atoms with Crippen molar-refractivity contribution in [2.45, 2.75) is 72.2 Å².